The summed E-state index contributed by atoms with van der Waals surface area (Å²) in [5.74, 6) is 0.720. The van der Waals surface area contributed by atoms with E-state index in [1.807, 2.05) is 12.1 Å². The van der Waals surface area contributed by atoms with Gasteiger partial charge in [0.25, 0.3) is 0 Å². The summed E-state index contributed by atoms with van der Waals surface area (Å²) < 4.78 is 5.13. The number of fused-ring (bicyclic) bond motifs is 2. The molecule has 3 aromatic rings. The fourth-order valence-corrected chi connectivity index (χ4v) is 4.28. The second-order valence-corrected chi connectivity index (χ2v) is 7.37. The highest BCUT2D eigenvalue weighted by atomic mass is 32.2. The summed E-state index contributed by atoms with van der Waals surface area (Å²) in [7, 11) is 3.70. The van der Waals surface area contributed by atoms with Gasteiger partial charge in [0.2, 0.25) is 0 Å². The molecule has 4 rings (SSSR count). The summed E-state index contributed by atoms with van der Waals surface area (Å²) in [6.07, 6.45) is 3.49. The van der Waals surface area contributed by atoms with Gasteiger partial charge in [-0.1, -0.05) is 36.0 Å². The standard InChI is InChI=1S/C23H19NO2S/c1-24-19-5-3-4-6-22(19)27-23-15-16(7-13-20(23)24)8-14-21(25)17-9-11-18(26-2)12-10-17/h3-15H,1-2H3/b14-8+. The number of hydrogen-bond acceptors (Lipinski definition) is 4. The Labute approximate surface area is 163 Å². The van der Waals surface area contributed by atoms with Crippen LogP contribution in [0.1, 0.15) is 15.9 Å². The van der Waals surface area contributed by atoms with Crippen LogP contribution in [0, 0.1) is 0 Å². The van der Waals surface area contributed by atoms with E-state index in [0.29, 0.717) is 5.56 Å². The van der Waals surface area contributed by atoms with Crippen LogP contribution in [0.2, 0.25) is 0 Å². The van der Waals surface area contributed by atoms with Crippen molar-refractivity contribution in [2.75, 3.05) is 19.1 Å². The SMILES string of the molecule is COc1ccc(C(=O)/C=C/c2ccc3c(c2)Sc2ccccc2N3C)cc1. The van der Waals surface area contributed by atoms with Crippen molar-refractivity contribution in [3.8, 4) is 5.75 Å². The fourth-order valence-electron chi connectivity index (χ4n) is 3.09. The Morgan fingerprint density at radius 2 is 1.70 bits per heavy atom. The molecule has 0 atom stereocenters. The van der Waals surface area contributed by atoms with Gasteiger partial charge >= 0.3 is 0 Å². The van der Waals surface area contributed by atoms with E-state index in [9.17, 15) is 4.79 Å². The molecule has 134 valence electrons. The molecule has 0 aromatic heterocycles. The number of carbonyl (C=O) groups is 1. The highest BCUT2D eigenvalue weighted by molar-refractivity contribution is 7.99. The molecule has 0 saturated carbocycles. The van der Waals surface area contributed by atoms with E-state index in [2.05, 4.69) is 48.3 Å². The number of ketones is 1. The van der Waals surface area contributed by atoms with Crippen LogP contribution in [0.25, 0.3) is 6.08 Å². The molecule has 0 spiro atoms. The fraction of sp³-hybridized carbons (Fsp3) is 0.0870. The molecule has 27 heavy (non-hydrogen) atoms. The number of ether oxygens (including phenoxy) is 1. The van der Waals surface area contributed by atoms with Crippen LogP contribution >= 0.6 is 11.8 Å². The zero-order valence-electron chi connectivity index (χ0n) is 15.2. The molecular weight excluding hydrogens is 354 g/mol. The van der Waals surface area contributed by atoms with Crippen molar-refractivity contribution in [3.63, 3.8) is 0 Å². The normalized spacial score (nSPS) is 12.6. The van der Waals surface area contributed by atoms with Crippen molar-refractivity contribution in [2.24, 2.45) is 0 Å². The summed E-state index contributed by atoms with van der Waals surface area (Å²) >= 11 is 1.76. The van der Waals surface area contributed by atoms with Gasteiger partial charge in [0.15, 0.2) is 5.78 Å². The van der Waals surface area contributed by atoms with E-state index in [1.54, 1.807) is 49.2 Å². The minimum atomic E-state index is -0.0227. The van der Waals surface area contributed by atoms with Crippen molar-refractivity contribution in [1.82, 2.24) is 0 Å². The first-order chi connectivity index (χ1) is 13.2. The lowest BCUT2D eigenvalue weighted by atomic mass is 10.1. The minimum Gasteiger partial charge on any atom is -0.497 e. The molecule has 3 aromatic carbocycles. The van der Waals surface area contributed by atoms with Crippen LogP contribution in [0.15, 0.2) is 82.6 Å². The molecular formula is C23H19NO2S. The van der Waals surface area contributed by atoms with Crippen molar-refractivity contribution >= 4 is 35.0 Å². The second kappa shape index (κ2) is 7.33. The van der Waals surface area contributed by atoms with Gasteiger partial charge in [0.05, 0.1) is 18.5 Å². The van der Waals surface area contributed by atoms with Gasteiger partial charge in [0.1, 0.15) is 5.75 Å². The highest BCUT2D eigenvalue weighted by Gasteiger charge is 2.20. The van der Waals surface area contributed by atoms with Crippen LogP contribution in [-0.4, -0.2) is 19.9 Å². The number of rotatable bonds is 4. The molecule has 0 bridgehead atoms. The first kappa shape index (κ1) is 17.4. The van der Waals surface area contributed by atoms with E-state index < -0.39 is 0 Å². The summed E-state index contributed by atoms with van der Waals surface area (Å²) in [5.41, 5.74) is 4.05. The molecule has 1 aliphatic heterocycles. The highest BCUT2D eigenvalue weighted by Crippen LogP contribution is 2.47. The van der Waals surface area contributed by atoms with Gasteiger partial charge in [-0.3, -0.25) is 4.79 Å². The maximum absolute atomic E-state index is 12.4. The van der Waals surface area contributed by atoms with Crippen LogP contribution < -0.4 is 9.64 Å². The predicted octanol–water partition coefficient (Wildman–Crippen LogP) is 5.82. The number of benzene rings is 3. The summed E-state index contributed by atoms with van der Waals surface area (Å²) in [6, 6.07) is 21.8. The van der Waals surface area contributed by atoms with Gasteiger partial charge in [-0.15, -0.1) is 0 Å². The number of carbonyl (C=O) groups excluding carboxylic acids is 1. The van der Waals surface area contributed by atoms with Crippen LogP contribution in [0.5, 0.6) is 5.75 Å². The zero-order chi connectivity index (χ0) is 18.8. The van der Waals surface area contributed by atoms with Gasteiger partial charge < -0.3 is 9.64 Å². The monoisotopic (exact) mass is 373 g/mol. The third-order valence-electron chi connectivity index (χ3n) is 4.59. The topological polar surface area (TPSA) is 29.5 Å². The molecule has 0 unspecified atom stereocenters. The van der Waals surface area contributed by atoms with Gasteiger partial charge in [-0.2, -0.15) is 0 Å². The zero-order valence-corrected chi connectivity index (χ0v) is 16.0. The molecule has 4 heteroatoms. The molecule has 0 N–H and O–H groups in total. The largest absolute Gasteiger partial charge is 0.497 e. The lowest BCUT2D eigenvalue weighted by molar-refractivity contribution is 0.104. The number of methoxy groups -OCH3 is 1. The van der Waals surface area contributed by atoms with E-state index in [1.165, 1.54) is 21.2 Å². The Bertz CT molecular complexity index is 1020. The number of anilines is 2. The quantitative estimate of drug-likeness (QED) is 0.425. The number of nitrogens with zero attached hydrogens (tertiary/aromatic N) is 1. The minimum absolute atomic E-state index is 0.0227. The first-order valence-electron chi connectivity index (χ1n) is 8.67. The third kappa shape index (κ3) is 3.49. The number of para-hydroxylation sites is 1. The maximum Gasteiger partial charge on any atom is 0.185 e. The van der Waals surface area contributed by atoms with Gasteiger partial charge in [-0.25, -0.2) is 0 Å². The molecule has 0 radical (unpaired) electrons. The van der Waals surface area contributed by atoms with Crippen molar-refractivity contribution < 1.29 is 9.53 Å². The van der Waals surface area contributed by atoms with Gasteiger partial charge in [0, 0.05) is 22.4 Å². The second-order valence-electron chi connectivity index (χ2n) is 6.28. The Morgan fingerprint density at radius 3 is 2.48 bits per heavy atom. The Balaban J connectivity index is 1.56. The smallest absolute Gasteiger partial charge is 0.185 e. The van der Waals surface area contributed by atoms with Crippen LogP contribution in [0.4, 0.5) is 11.4 Å². The lowest BCUT2D eigenvalue weighted by Gasteiger charge is -2.29. The van der Waals surface area contributed by atoms with Crippen LogP contribution in [0.3, 0.4) is 0 Å². The van der Waals surface area contributed by atoms with Crippen molar-refractivity contribution in [2.45, 2.75) is 9.79 Å². The van der Waals surface area contributed by atoms with Crippen molar-refractivity contribution in [3.05, 3.63) is 83.9 Å². The predicted molar refractivity (Wildman–Crippen MR) is 111 cm³/mol. The van der Waals surface area contributed by atoms with Gasteiger partial charge in [-0.05, 0) is 60.2 Å². The average molecular weight is 373 g/mol. The molecule has 3 nitrogen and oxygen atoms in total. The molecule has 0 saturated heterocycles. The van der Waals surface area contributed by atoms with E-state index in [-0.39, 0.29) is 5.78 Å². The number of allylic oxidation sites excluding steroid dienone is 1. The third-order valence-corrected chi connectivity index (χ3v) is 5.71. The van der Waals surface area contributed by atoms with Crippen molar-refractivity contribution in [1.29, 1.82) is 0 Å². The first-order valence-corrected chi connectivity index (χ1v) is 9.48. The van der Waals surface area contributed by atoms with Crippen LogP contribution in [-0.2, 0) is 0 Å². The molecule has 0 fully saturated rings. The van der Waals surface area contributed by atoms with E-state index in [0.717, 1.165) is 11.3 Å². The molecule has 0 amide bonds. The number of hydrogen-bond donors (Lipinski definition) is 0. The summed E-state index contributed by atoms with van der Waals surface area (Å²) in [5, 5.41) is 0. The molecule has 0 aliphatic carbocycles. The molecule has 1 aliphatic rings. The maximum atomic E-state index is 12.4. The lowest BCUT2D eigenvalue weighted by Crippen LogP contribution is -2.14. The average Bonchev–Trinajstić information content (AvgIpc) is 2.72. The Kier molecular flexibility index (Phi) is 4.73. The summed E-state index contributed by atoms with van der Waals surface area (Å²) in [4.78, 5) is 17.0. The van der Waals surface area contributed by atoms with E-state index >= 15 is 0 Å². The summed E-state index contributed by atoms with van der Waals surface area (Å²) in [6.45, 7) is 0. The Morgan fingerprint density at radius 1 is 0.963 bits per heavy atom. The Hall–Kier alpha value is -2.98. The molecule has 1 heterocycles. The van der Waals surface area contributed by atoms with E-state index in [4.69, 9.17) is 4.74 Å².